The second kappa shape index (κ2) is 9.05. The highest BCUT2D eigenvalue weighted by Gasteiger charge is 2.21. The van der Waals surface area contributed by atoms with Gasteiger partial charge in [-0.15, -0.1) is 0 Å². The van der Waals surface area contributed by atoms with Crippen molar-refractivity contribution in [3.63, 3.8) is 0 Å². The highest BCUT2D eigenvalue weighted by Crippen LogP contribution is 2.30. The van der Waals surface area contributed by atoms with Crippen LogP contribution in [-0.2, 0) is 6.54 Å². The largest absolute Gasteiger partial charge is 0.506 e. The summed E-state index contributed by atoms with van der Waals surface area (Å²) < 4.78 is 29.0. The van der Waals surface area contributed by atoms with Crippen LogP contribution in [0.4, 0.5) is 14.5 Å². The van der Waals surface area contributed by atoms with Gasteiger partial charge < -0.3 is 15.4 Å². The first-order valence-corrected chi connectivity index (χ1v) is 10.1. The maximum atomic E-state index is 13.7. The van der Waals surface area contributed by atoms with Crippen LogP contribution in [0.1, 0.15) is 22.3 Å². The summed E-state index contributed by atoms with van der Waals surface area (Å²) in [6, 6.07) is 11.7. The number of hydrogen-bond acceptors (Lipinski definition) is 4. The first kappa shape index (κ1) is 21.3. The lowest BCUT2D eigenvalue weighted by atomic mass is 9.91. The van der Waals surface area contributed by atoms with Gasteiger partial charge >= 0.3 is 0 Å². The molecule has 164 valence electrons. The molecule has 0 aliphatic heterocycles. The van der Waals surface area contributed by atoms with Crippen molar-refractivity contribution in [3.05, 3.63) is 83.3 Å². The zero-order chi connectivity index (χ0) is 22.7. The number of carbonyl (C=O) groups excluding carboxylic acids is 1. The fourth-order valence-electron chi connectivity index (χ4n) is 3.78. The van der Waals surface area contributed by atoms with Gasteiger partial charge in [-0.1, -0.05) is 18.2 Å². The minimum atomic E-state index is -0.599. The van der Waals surface area contributed by atoms with E-state index in [1.54, 1.807) is 0 Å². The normalized spacial score (nSPS) is 16.2. The number of aromatic nitrogens is 1. The number of fused-ring (bicyclic) bond motifs is 1. The average molecular weight is 436 g/mol. The van der Waals surface area contributed by atoms with E-state index in [0.29, 0.717) is 12.1 Å². The Bertz CT molecular complexity index is 1260. The monoisotopic (exact) mass is 436 g/mol. The fourth-order valence-corrected chi connectivity index (χ4v) is 3.78. The van der Waals surface area contributed by atoms with E-state index < -0.39 is 12.6 Å². The number of alkyl halides is 1. The Hall–Kier alpha value is -3.94. The zero-order valence-electron chi connectivity index (χ0n) is 17.1. The van der Waals surface area contributed by atoms with Gasteiger partial charge in [0.25, 0.3) is 5.91 Å². The fraction of sp³-hybridized carbons (Fsp3) is 0.167. The number of anilines is 1. The van der Waals surface area contributed by atoms with Crippen LogP contribution in [0.5, 0.6) is 5.75 Å². The molecule has 0 radical (unpaired) electrons. The number of benzene rings is 2. The van der Waals surface area contributed by atoms with E-state index in [4.69, 9.17) is 5.73 Å². The summed E-state index contributed by atoms with van der Waals surface area (Å²) in [5.74, 6) is -1.05. The molecule has 32 heavy (non-hydrogen) atoms. The van der Waals surface area contributed by atoms with Gasteiger partial charge in [-0.25, -0.2) is 14.2 Å². The van der Waals surface area contributed by atoms with Crippen molar-refractivity contribution in [2.45, 2.75) is 13.0 Å². The molecule has 0 spiro atoms. The lowest BCUT2D eigenvalue weighted by molar-refractivity contribution is 0.0955. The Morgan fingerprint density at radius 1 is 1.28 bits per heavy atom. The van der Waals surface area contributed by atoms with Gasteiger partial charge in [-0.2, -0.15) is 5.10 Å². The number of phenolic OH excluding ortho intramolecular Hbond substituents is 1. The zero-order valence-corrected chi connectivity index (χ0v) is 17.1. The van der Waals surface area contributed by atoms with E-state index in [0.717, 1.165) is 16.5 Å². The minimum Gasteiger partial charge on any atom is -0.506 e. The number of hydrogen-bond donors (Lipinski definition) is 3. The second-order valence-electron chi connectivity index (χ2n) is 7.61. The molecule has 4 rings (SSSR count). The number of carbonyl (C=O) groups is 1. The van der Waals surface area contributed by atoms with Crippen molar-refractivity contribution in [1.29, 1.82) is 0 Å². The van der Waals surface area contributed by atoms with Crippen molar-refractivity contribution in [3.8, 4) is 5.75 Å². The lowest BCUT2D eigenvalue weighted by Gasteiger charge is -2.22. The van der Waals surface area contributed by atoms with Crippen LogP contribution in [0.15, 0.2) is 77.3 Å². The third-order valence-electron chi connectivity index (χ3n) is 5.52. The van der Waals surface area contributed by atoms with E-state index in [-0.39, 0.29) is 35.2 Å². The molecule has 3 aromatic rings. The molecule has 6 nitrogen and oxygen atoms in total. The van der Waals surface area contributed by atoms with Crippen molar-refractivity contribution >= 4 is 28.7 Å². The predicted octanol–water partition coefficient (Wildman–Crippen LogP) is 4.46. The number of phenols is 1. The van der Waals surface area contributed by atoms with Crippen molar-refractivity contribution in [1.82, 2.24) is 9.99 Å². The Kier molecular flexibility index (Phi) is 6.02. The number of aromatic hydroxyl groups is 1. The van der Waals surface area contributed by atoms with Crippen LogP contribution in [0.2, 0.25) is 0 Å². The van der Waals surface area contributed by atoms with E-state index in [1.807, 2.05) is 35.0 Å². The summed E-state index contributed by atoms with van der Waals surface area (Å²) in [6.07, 6.45) is 6.45. The third kappa shape index (κ3) is 4.39. The third-order valence-corrected chi connectivity index (χ3v) is 5.52. The number of hydrazone groups is 1. The predicted molar refractivity (Wildman–Crippen MR) is 121 cm³/mol. The molecule has 1 unspecified atom stereocenters. The summed E-state index contributed by atoms with van der Waals surface area (Å²) >= 11 is 0. The summed E-state index contributed by atoms with van der Waals surface area (Å²) in [5.41, 5.74) is 10.7. The van der Waals surface area contributed by atoms with Crippen LogP contribution in [0.3, 0.4) is 0 Å². The first-order chi connectivity index (χ1) is 15.5. The molecular formula is C24H22F2N4O2. The molecule has 0 fully saturated rings. The van der Waals surface area contributed by atoms with Gasteiger partial charge in [0.2, 0.25) is 0 Å². The van der Waals surface area contributed by atoms with Crippen LogP contribution >= 0.6 is 0 Å². The Morgan fingerprint density at radius 3 is 2.91 bits per heavy atom. The topological polar surface area (TPSA) is 92.6 Å². The molecule has 1 aromatic heterocycles. The van der Waals surface area contributed by atoms with Gasteiger partial charge in [0.05, 0.1) is 11.9 Å². The molecule has 2 aromatic carbocycles. The molecule has 1 amide bonds. The van der Waals surface area contributed by atoms with E-state index >= 15 is 0 Å². The molecule has 0 bridgehead atoms. The van der Waals surface area contributed by atoms with Gasteiger partial charge in [-0.05, 0) is 42.0 Å². The Balaban J connectivity index is 1.50. The van der Waals surface area contributed by atoms with Crippen molar-refractivity contribution in [2.75, 3.05) is 12.4 Å². The van der Waals surface area contributed by atoms with E-state index in [9.17, 15) is 18.7 Å². The number of nitrogens with two attached hydrogens (primary N) is 1. The number of rotatable bonds is 6. The Morgan fingerprint density at radius 2 is 2.12 bits per heavy atom. The number of amides is 1. The second-order valence-corrected chi connectivity index (χ2v) is 7.61. The molecule has 1 aliphatic rings. The molecule has 8 heteroatoms. The summed E-state index contributed by atoms with van der Waals surface area (Å²) in [6.45, 7) is -0.141. The Labute approximate surface area is 183 Å². The van der Waals surface area contributed by atoms with Gasteiger partial charge in [0.1, 0.15) is 18.3 Å². The smallest absolute Gasteiger partial charge is 0.271 e. The summed E-state index contributed by atoms with van der Waals surface area (Å²) in [5, 5.41) is 14.4. The minimum absolute atomic E-state index is 0.0950. The molecular weight excluding hydrogens is 414 g/mol. The maximum absolute atomic E-state index is 13.7. The number of nitrogens with one attached hydrogen (secondary N) is 1. The highest BCUT2D eigenvalue weighted by molar-refractivity contribution is 6.00. The summed E-state index contributed by atoms with van der Waals surface area (Å²) in [7, 11) is 0. The van der Waals surface area contributed by atoms with Gasteiger partial charge in [-0.3, -0.25) is 4.79 Å². The number of allylic oxidation sites excluding steroid dienone is 4. The maximum Gasteiger partial charge on any atom is 0.271 e. The molecule has 1 aliphatic carbocycles. The van der Waals surface area contributed by atoms with E-state index in [1.165, 1.54) is 36.6 Å². The number of halogens is 2. The van der Waals surface area contributed by atoms with Gasteiger partial charge in [0.15, 0.2) is 0 Å². The molecule has 0 saturated carbocycles. The SMILES string of the molecule is Nc1cc(C(=O)N/N=C/c2cccc3c2ccn3CC2CC(F)=CC=C2CF)ccc1O. The average Bonchev–Trinajstić information content (AvgIpc) is 3.19. The summed E-state index contributed by atoms with van der Waals surface area (Å²) in [4.78, 5) is 12.2. The highest BCUT2D eigenvalue weighted by atomic mass is 19.1. The van der Waals surface area contributed by atoms with E-state index in [2.05, 4.69) is 10.5 Å². The molecule has 1 atom stereocenters. The lowest BCUT2D eigenvalue weighted by Crippen LogP contribution is -2.17. The van der Waals surface area contributed by atoms with Crippen molar-refractivity contribution in [2.24, 2.45) is 11.0 Å². The van der Waals surface area contributed by atoms with Crippen LogP contribution < -0.4 is 11.2 Å². The quantitative estimate of drug-likeness (QED) is 0.231. The first-order valence-electron chi connectivity index (χ1n) is 10.1. The van der Waals surface area contributed by atoms with Gasteiger partial charge in [0, 0.05) is 47.1 Å². The van der Waals surface area contributed by atoms with Crippen molar-refractivity contribution < 1.29 is 18.7 Å². The van der Waals surface area contributed by atoms with Crippen LogP contribution in [-0.4, -0.2) is 28.5 Å². The number of nitrogens with zero attached hydrogens (tertiary/aromatic N) is 2. The number of nitrogen functional groups attached to an aromatic ring is 1. The van der Waals surface area contributed by atoms with Crippen LogP contribution in [0, 0.1) is 5.92 Å². The van der Waals surface area contributed by atoms with Crippen LogP contribution in [0.25, 0.3) is 10.9 Å². The standard InChI is InChI=1S/C24H22F2N4O2/c25-12-16-4-6-19(26)10-18(16)14-30-9-8-20-17(2-1-3-22(20)30)13-28-29-24(32)15-5-7-23(31)21(27)11-15/h1-9,11,13,18,31H,10,12,14,27H2,(H,29,32)/b28-13+. The molecule has 4 N–H and O–H groups in total. The molecule has 0 saturated heterocycles. The molecule has 1 heterocycles.